The van der Waals surface area contributed by atoms with Crippen LogP contribution < -0.4 is 5.32 Å². The van der Waals surface area contributed by atoms with Crippen LogP contribution in [0.25, 0.3) is 0 Å². The van der Waals surface area contributed by atoms with Crippen LogP contribution in [-0.2, 0) is 14.3 Å². The van der Waals surface area contributed by atoms with Crippen LogP contribution >= 0.6 is 23.2 Å². The number of nitrogens with one attached hydrogen (secondary N) is 1. The summed E-state index contributed by atoms with van der Waals surface area (Å²) in [7, 11) is 0. The molecule has 1 N–H and O–H groups in total. The first-order valence-corrected chi connectivity index (χ1v) is 5.44. The highest BCUT2D eigenvalue weighted by atomic mass is 35.5. The third-order valence-corrected chi connectivity index (χ3v) is 2.56. The molecule has 1 aliphatic heterocycles. The highest BCUT2D eigenvalue weighted by molar-refractivity contribution is 6.58. The molecule has 6 heteroatoms. The van der Waals surface area contributed by atoms with E-state index in [-0.39, 0.29) is 6.54 Å². The van der Waals surface area contributed by atoms with E-state index < -0.39 is 16.5 Å². The van der Waals surface area contributed by atoms with Gasteiger partial charge in [-0.15, -0.1) is 0 Å². The van der Waals surface area contributed by atoms with E-state index in [1.165, 1.54) is 12.5 Å². The van der Waals surface area contributed by atoms with Crippen LogP contribution in [0.1, 0.15) is 19.8 Å². The number of hydrogen-bond acceptors (Lipinski definition) is 3. The second-order valence-corrected chi connectivity index (χ2v) is 4.62. The Morgan fingerprint density at radius 3 is 2.60 bits per heavy atom. The van der Waals surface area contributed by atoms with Gasteiger partial charge in [0.05, 0.1) is 6.54 Å². The zero-order valence-electron chi connectivity index (χ0n) is 8.33. The lowest BCUT2D eigenvalue weighted by Gasteiger charge is -2.19. The van der Waals surface area contributed by atoms with Gasteiger partial charge in [0.25, 0.3) is 12.2 Å². The van der Waals surface area contributed by atoms with Crippen molar-refractivity contribution in [3.63, 3.8) is 0 Å². The summed E-state index contributed by atoms with van der Waals surface area (Å²) in [5.74, 6) is -0.424. The molecule has 0 aromatic heterocycles. The second-order valence-electron chi connectivity index (χ2n) is 3.14. The molecule has 0 aromatic rings. The van der Waals surface area contributed by atoms with Crippen molar-refractivity contribution in [2.75, 3.05) is 6.54 Å². The molecule has 86 valence electrons. The minimum Gasteiger partial charge on any atom is -0.457 e. The predicted octanol–water partition coefficient (Wildman–Crippen LogP) is 1.92. The van der Waals surface area contributed by atoms with E-state index >= 15 is 0 Å². The van der Waals surface area contributed by atoms with Crippen LogP contribution in [0.15, 0.2) is 12.5 Å². The molecule has 0 aliphatic carbocycles. The average Bonchev–Trinajstić information content (AvgIpc) is 2.66. The molecule has 0 spiro atoms. The smallest absolute Gasteiger partial charge is 0.256 e. The Labute approximate surface area is 98.5 Å². The Morgan fingerprint density at radius 1 is 1.47 bits per heavy atom. The Morgan fingerprint density at radius 2 is 2.07 bits per heavy atom. The third kappa shape index (κ3) is 3.80. The molecule has 0 aromatic carbocycles. The maximum Gasteiger partial charge on any atom is 0.256 e. The molecule has 1 amide bonds. The van der Waals surface area contributed by atoms with Crippen LogP contribution in [-0.4, -0.2) is 23.1 Å². The molecule has 15 heavy (non-hydrogen) atoms. The molecule has 1 heterocycles. The molecule has 1 aliphatic rings. The average molecular weight is 254 g/mol. The zero-order chi connectivity index (χ0) is 11.3. The number of carbonyl (C=O) groups is 1. The van der Waals surface area contributed by atoms with E-state index in [1.54, 1.807) is 0 Å². The Balaban J connectivity index is 2.28. The molecule has 0 fully saturated rings. The van der Waals surface area contributed by atoms with Gasteiger partial charge in [0.1, 0.15) is 12.5 Å². The Hall–Kier alpha value is -0.610. The molecule has 0 unspecified atom stereocenters. The van der Waals surface area contributed by atoms with E-state index in [1.807, 2.05) is 6.92 Å². The number of amides is 1. The van der Waals surface area contributed by atoms with Gasteiger partial charge in [-0.25, -0.2) is 0 Å². The van der Waals surface area contributed by atoms with E-state index in [2.05, 4.69) is 5.32 Å². The molecule has 0 saturated carbocycles. The summed E-state index contributed by atoms with van der Waals surface area (Å²) in [6.07, 6.45) is 3.49. The van der Waals surface area contributed by atoms with Crippen LogP contribution in [0, 0.1) is 0 Å². The first-order valence-electron chi connectivity index (χ1n) is 4.68. The highest BCUT2D eigenvalue weighted by Crippen LogP contribution is 2.26. The minimum absolute atomic E-state index is 0.219. The summed E-state index contributed by atoms with van der Waals surface area (Å²) in [5, 5.41) is 2.56. The summed E-state index contributed by atoms with van der Waals surface area (Å²) in [6.45, 7) is 2.12. The van der Waals surface area contributed by atoms with Crippen LogP contribution in [0.3, 0.4) is 0 Å². The van der Waals surface area contributed by atoms with Gasteiger partial charge in [-0.2, -0.15) is 0 Å². The van der Waals surface area contributed by atoms with Crippen molar-refractivity contribution in [1.29, 1.82) is 0 Å². The van der Waals surface area contributed by atoms with Crippen molar-refractivity contribution in [2.24, 2.45) is 0 Å². The third-order valence-electron chi connectivity index (χ3n) is 1.84. The van der Waals surface area contributed by atoms with E-state index in [0.29, 0.717) is 6.42 Å². The molecular formula is C9H13Cl2NO3. The monoisotopic (exact) mass is 253 g/mol. The van der Waals surface area contributed by atoms with E-state index in [9.17, 15) is 4.79 Å². The first kappa shape index (κ1) is 12.5. The predicted molar refractivity (Wildman–Crippen MR) is 57.5 cm³/mol. The number of halogens is 2. The summed E-state index contributed by atoms with van der Waals surface area (Å²) < 4.78 is 8.57. The number of rotatable bonds is 5. The van der Waals surface area contributed by atoms with Gasteiger partial charge in [0, 0.05) is 0 Å². The molecule has 1 rings (SSSR count). The minimum atomic E-state index is -1.37. The second kappa shape index (κ2) is 5.47. The lowest BCUT2D eigenvalue weighted by atomic mass is 10.2. The molecule has 0 radical (unpaired) electrons. The van der Waals surface area contributed by atoms with Crippen LogP contribution in [0.2, 0.25) is 0 Å². The molecule has 0 bridgehead atoms. The molecule has 4 nitrogen and oxygen atoms in total. The van der Waals surface area contributed by atoms with Crippen molar-refractivity contribution >= 4 is 29.1 Å². The quantitative estimate of drug-likeness (QED) is 0.762. The summed E-state index contributed by atoms with van der Waals surface area (Å²) >= 11 is 11.7. The zero-order valence-corrected chi connectivity index (χ0v) is 9.85. The fraction of sp³-hybridized carbons (Fsp3) is 0.667. The van der Waals surface area contributed by atoms with Crippen molar-refractivity contribution < 1.29 is 14.3 Å². The fourth-order valence-electron chi connectivity index (χ4n) is 1.10. The summed E-state index contributed by atoms with van der Waals surface area (Å²) in [4.78, 5) is 11.5. The molecule has 0 atom stereocenters. The van der Waals surface area contributed by atoms with Gasteiger partial charge in [-0.1, -0.05) is 36.5 Å². The highest BCUT2D eigenvalue weighted by Gasteiger charge is 2.33. The van der Waals surface area contributed by atoms with Gasteiger partial charge in [0.15, 0.2) is 4.33 Å². The molecule has 0 saturated heterocycles. The first-order chi connectivity index (χ1) is 7.06. The standard InChI is InChI=1S/C9H13Cl2NO3/c1-2-3-9(10,11)8(13)12-6-7-14-4-5-15-7/h4-5,7H,2-3,6H2,1H3,(H,12,13). The number of alkyl halides is 2. The molecular weight excluding hydrogens is 241 g/mol. The lowest BCUT2D eigenvalue weighted by Crippen LogP contribution is -2.42. The van der Waals surface area contributed by atoms with E-state index in [4.69, 9.17) is 32.7 Å². The summed E-state index contributed by atoms with van der Waals surface area (Å²) in [6, 6.07) is 0. The largest absolute Gasteiger partial charge is 0.457 e. The van der Waals surface area contributed by atoms with Gasteiger partial charge in [-0.05, 0) is 6.42 Å². The SMILES string of the molecule is CCCC(Cl)(Cl)C(=O)NCC1OC=CO1. The topological polar surface area (TPSA) is 47.6 Å². The van der Waals surface area contributed by atoms with Gasteiger partial charge in [0.2, 0.25) is 0 Å². The number of ether oxygens (including phenoxy) is 2. The van der Waals surface area contributed by atoms with Gasteiger partial charge >= 0.3 is 0 Å². The van der Waals surface area contributed by atoms with Crippen molar-refractivity contribution in [2.45, 2.75) is 30.4 Å². The Kier molecular flexibility index (Phi) is 4.54. The fourth-order valence-corrected chi connectivity index (χ4v) is 1.61. The van der Waals surface area contributed by atoms with Crippen LogP contribution in [0.5, 0.6) is 0 Å². The van der Waals surface area contributed by atoms with Crippen LogP contribution in [0.4, 0.5) is 0 Å². The maximum atomic E-state index is 11.5. The lowest BCUT2D eigenvalue weighted by molar-refractivity contribution is -0.123. The van der Waals surface area contributed by atoms with Crippen molar-refractivity contribution in [3.05, 3.63) is 12.5 Å². The number of hydrogen-bond donors (Lipinski definition) is 1. The number of carbonyl (C=O) groups excluding carboxylic acids is 1. The summed E-state index contributed by atoms with van der Waals surface area (Å²) in [5.41, 5.74) is 0. The Bertz CT molecular complexity index is 248. The maximum absolute atomic E-state index is 11.5. The van der Waals surface area contributed by atoms with E-state index in [0.717, 1.165) is 6.42 Å². The normalized spacial score (nSPS) is 15.9. The van der Waals surface area contributed by atoms with Gasteiger partial charge < -0.3 is 14.8 Å². The van der Waals surface area contributed by atoms with Crippen molar-refractivity contribution in [3.8, 4) is 0 Å². The van der Waals surface area contributed by atoms with Gasteiger partial charge in [-0.3, -0.25) is 4.79 Å². The van der Waals surface area contributed by atoms with Crippen molar-refractivity contribution in [1.82, 2.24) is 5.32 Å².